The second kappa shape index (κ2) is 9.85. The zero-order chi connectivity index (χ0) is 19.9. The molecule has 2 N–H and O–H groups in total. The molecule has 2 heterocycles. The third-order valence-corrected chi connectivity index (χ3v) is 6.02. The molecule has 28 heavy (non-hydrogen) atoms. The molecule has 1 fully saturated rings. The van der Waals surface area contributed by atoms with E-state index in [-0.39, 0.29) is 0 Å². The Morgan fingerprint density at radius 3 is 2.43 bits per heavy atom. The van der Waals surface area contributed by atoms with E-state index >= 15 is 0 Å². The highest BCUT2D eigenvalue weighted by Crippen LogP contribution is 2.20. The smallest absolute Gasteiger partial charge is 0.313 e. The monoisotopic (exact) mass is 399 g/mol. The molecule has 0 aliphatic carbocycles. The van der Waals surface area contributed by atoms with E-state index in [1.807, 2.05) is 24.3 Å². The van der Waals surface area contributed by atoms with Crippen molar-refractivity contribution in [3.8, 4) is 0 Å². The maximum atomic E-state index is 12.1. The van der Waals surface area contributed by atoms with Crippen LogP contribution in [-0.2, 0) is 16.1 Å². The number of nitrogens with one attached hydrogen (secondary N) is 2. The quantitative estimate of drug-likeness (QED) is 0.726. The average Bonchev–Trinajstić information content (AvgIpc) is 3.20. The molecule has 5 nitrogen and oxygen atoms in total. The fourth-order valence-corrected chi connectivity index (χ4v) is 4.11. The van der Waals surface area contributed by atoms with Crippen molar-refractivity contribution in [3.63, 3.8) is 0 Å². The lowest BCUT2D eigenvalue weighted by Gasteiger charge is -2.31. The van der Waals surface area contributed by atoms with Gasteiger partial charge in [-0.3, -0.25) is 14.5 Å². The summed E-state index contributed by atoms with van der Waals surface area (Å²) in [6.45, 7) is 7.86. The number of likely N-dealkylation sites (tertiary alicyclic amines) is 1. The number of benzene rings is 1. The van der Waals surface area contributed by atoms with Crippen LogP contribution in [0.5, 0.6) is 0 Å². The first-order valence-electron chi connectivity index (χ1n) is 9.94. The van der Waals surface area contributed by atoms with Crippen molar-refractivity contribution in [2.24, 2.45) is 5.92 Å². The van der Waals surface area contributed by atoms with Crippen LogP contribution in [0.1, 0.15) is 43.7 Å². The van der Waals surface area contributed by atoms with Gasteiger partial charge in [0.15, 0.2) is 0 Å². The van der Waals surface area contributed by atoms with Crippen molar-refractivity contribution in [3.05, 3.63) is 52.2 Å². The molecule has 1 saturated heterocycles. The molecular formula is C22H29N3O2S. The summed E-state index contributed by atoms with van der Waals surface area (Å²) in [4.78, 5) is 26.7. The van der Waals surface area contributed by atoms with Crippen molar-refractivity contribution < 1.29 is 9.59 Å². The Hall–Kier alpha value is -2.18. The predicted octanol–water partition coefficient (Wildman–Crippen LogP) is 3.84. The maximum absolute atomic E-state index is 12.1. The number of anilines is 1. The summed E-state index contributed by atoms with van der Waals surface area (Å²) in [6, 6.07) is 9.80. The Morgan fingerprint density at radius 1 is 1.11 bits per heavy atom. The molecule has 2 aromatic rings. The minimum absolute atomic E-state index is 0.431. The minimum atomic E-state index is -0.604. The molecule has 1 aromatic carbocycles. The van der Waals surface area contributed by atoms with Crippen molar-refractivity contribution in [2.45, 2.75) is 39.2 Å². The number of carbonyl (C=O) groups is 2. The summed E-state index contributed by atoms with van der Waals surface area (Å²) in [5.41, 5.74) is 3.22. The average molecular weight is 400 g/mol. The first kappa shape index (κ1) is 20.6. The summed E-state index contributed by atoms with van der Waals surface area (Å²) in [5, 5.41) is 9.77. The molecule has 0 radical (unpaired) electrons. The van der Waals surface area contributed by atoms with Crippen LogP contribution in [0.4, 0.5) is 5.69 Å². The number of thiophene rings is 1. The van der Waals surface area contributed by atoms with E-state index < -0.39 is 11.8 Å². The minimum Gasteiger partial charge on any atom is -0.348 e. The van der Waals surface area contributed by atoms with Crippen LogP contribution in [0, 0.1) is 5.92 Å². The van der Waals surface area contributed by atoms with E-state index in [4.69, 9.17) is 0 Å². The third-order valence-electron chi connectivity index (χ3n) is 5.29. The van der Waals surface area contributed by atoms with Gasteiger partial charge in [0.1, 0.15) is 0 Å². The normalized spacial score (nSPS) is 15.5. The van der Waals surface area contributed by atoms with Crippen LogP contribution in [0.3, 0.4) is 0 Å². The van der Waals surface area contributed by atoms with Crippen LogP contribution < -0.4 is 10.6 Å². The maximum Gasteiger partial charge on any atom is 0.313 e. The fourth-order valence-electron chi connectivity index (χ4n) is 3.45. The Balaban J connectivity index is 1.37. The number of nitrogens with zero attached hydrogens (tertiary/aromatic N) is 1. The van der Waals surface area contributed by atoms with Crippen LogP contribution >= 0.6 is 11.3 Å². The van der Waals surface area contributed by atoms with Gasteiger partial charge in [-0.05, 0) is 77.9 Å². The van der Waals surface area contributed by atoms with Crippen molar-refractivity contribution >= 4 is 28.8 Å². The van der Waals surface area contributed by atoms with Gasteiger partial charge in [-0.2, -0.15) is 11.3 Å². The van der Waals surface area contributed by atoms with Crippen LogP contribution in [0.15, 0.2) is 41.1 Å². The lowest BCUT2D eigenvalue weighted by atomic mass is 9.96. The lowest BCUT2D eigenvalue weighted by molar-refractivity contribution is -0.136. The highest BCUT2D eigenvalue weighted by molar-refractivity contribution is 7.07. The predicted molar refractivity (Wildman–Crippen MR) is 114 cm³/mol. The van der Waals surface area contributed by atoms with E-state index in [1.54, 1.807) is 11.3 Å². The summed E-state index contributed by atoms with van der Waals surface area (Å²) in [7, 11) is 0. The number of carbonyl (C=O) groups excluding carboxylic acids is 2. The summed E-state index contributed by atoms with van der Waals surface area (Å²) >= 11 is 1.73. The molecule has 6 heteroatoms. The molecule has 0 saturated carbocycles. The van der Waals surface area contributed by atoms with Crippen molar-refractivity contribution in [2.75, 3.05) is 25.0 Å². The highest BCUT2D eigenvalue weighted by atomic mass is 32.1. The SMILES string of the molecule is CC(C)c1ccc(NC(=O)C(=O)NCC2CCN(Cc3ccsc3)CC2)cc1. The zero-order valence-electron chi connectivity index (χ0n) is 16.6. The highest BCUT2D eigenvalue weighted by Gasteiger charge is 2.21. The molecule has 0 bridgehead atoms. The van der Waals surface area contributed by atoms with E-state index in [2.05, 4.69) is 46.2 Å². The van der Waals surface area contributed by atoms with E-state index in [1.165, 1.54) is 11.1 Å². The van der Waals surface area contributed by atoms with Gasteiger partial charge in [-0.25, -0.2) is 0 Å². The molecule has 150 valence electrons. The standard InChI is InChI=1S/C22H29N3O2S/c1-16(2)19-3-5-20(6-4-19)24-22(27)21(26)23-13-17-7-10-25(11-8-17)14-18-9-12-28-15-18/h3-6,9,12,15-17H,7-8,10-11,13-14H2,1-2H3,(H,23,26)(H,24,27). The summed E-state index contributed by atoms with van der Waals surface area (Å²) < 4.78 is 0. The van der Waals surface area contributed by atoms with Gasteiger partial charge in [0.05, 0.1) is 0 Å². The van der Waals surface area contributed by atoms with Crippen LogP contribution in [0.25, 0.3) is 0 Å². The lowest BCUT2D eigenvalue weighted by Crippen LogP contribution is -2.41. The second-order valence-corrected chi connectivity index (χ2v) is 8.57. The number of amides is 2. The molecule has 1 aliphatic rings. The molecule has 1 aliphatic heterocycles. The number of hydrogen-bond acceptors (Lipinski definition) is 4. The number of piperidine rings is 1. The molecule has 1 aromatic heterocycles. The largest absolute Gasteiger partial charge is 0.348 e. The summed E-state index contributed by atoms with van der Waals surface area (Å²) in [6.07, 6.45) is 2.09. The third kappa shape index (κ3) is 5.91. The zero-order valence-corrected chi connectivity index (χ0v) is 17.4. The summed E-state index contributed by atoms with van der Waals surface area (Å²) in [5.74, 6) is -0.300. The van der Waals surface area contributed by atoms with Gasteiger partial charge < -0.3 is 10.6 Å². The van der Waals surface area contributed by atoms with Gasteiger partial charge in [-0.1, -0.05) is 26.0 Å². The molecule has 2 amide bonds. The van der Waals surface area contributed by atoms with Crippen molar-refractivity contribution in [1.29, 1.82) is 0 Å². The number of rotatable bonds is 6. The Bertz CT molecular complexity index is 764. The topological polar surface area (TPSA) is 61.4 Å². The Morgan fingerprint density at radius 2 is 1.82 bits per heavy atom. The van der Waals surface area contributed by atoms with Crippen LogP contribution in [-0.4, -0.2) is 36.3 Å². The van der Waals surface area contributed by atoms with Gasteiger partial charge in [0, 0.05) is 18.8 Å². The Kier molecular flexibility index (Phi) is 7.23. The van der Waals surface area contributed by atoms with Gasteiger partial charge in [-0.15, -0.1) is 0 Å². The Labute approximate surface area is 171 Å². The van der Waals surface area contributed by atoms with Gasteiger partial charge in [0.2, 0.25) is 0 Å². The molecule has 0 unspecified atom stereocenters. The molecule has 3 rings (SSSR count). The second-order valence-electron chi connectivity index (χ2n) is 7.79. The molecule has 0 atom stereocenters. The van der Waals surface area contributed by atoms with Crippen LogP contribution in [0.2, 0.25) is 0 Å². The van der Waals surface area contributed by atoms with Gasteiger partial charge in [0.25, 0.3) is 0 Å². The fraction of sp³-hybridized carbons (Fsp3) is 0.455. The van der Waals surface area contributed by atoms with E-state index in [9.17, 15) is 9.59 Å². The van der Waals surface area contributed by atoms with Crippen molar-refractivity contribution in [1.82, 2.24) is 10.2 Å². The van der Waals surface area contributed by atoms with E-state index in [0.29, 0.717) is 24.1 Å². The molecular weight excluding hydrogens is 370 g/mol. The van der Waals surface area contributed by atoms with E-state index in [0.717, 1.165) is 32.5 Å². The number of hydrogen-bond donors (Lipinski definition) is 2. The van der Waals surface area contributed by atoms with Gasteiger partial charge >= 0.3 is 11.8 Å². The molecule has 0 spiro atoms. The first-order valence-corrected chi connectivity index (χ1v) is 10.9. The first-order chi connectivity index (χ1) is 13.5.